The monoisotopic (exact) mass is 415 g/mol. The van der Waals surface area contributed by atoms with Crippen molar-refractivity contribution in [2.24, 2.45) is 12.0 Å². The van der Waals surface area contributed by atoms with Crippen LogP contribution in [0, 0.1) is 6.92 Å². The van der Waals surface area contributed by atoms with Crippen LogP contribution in [0.25, 0.3) is 10.2 Å². The third kappa shape index (κ3) is 3.32. The zero-order valence-electron chi connectivity index (χ0n) is 15.8. The van der Waals surface area contributed by atoms with Crippen molar-refractivity contribution in [3.05, 3.63) is 58.4 Å². The third-order valence-corrected chi connectivity index (χ3v) is 8.04. The first-order valence-corrected chi connectivity index (χ1v) is 11.4. The van der Waals surface area contributed by atoms with Crippen LogP contribution in [0.15, 0.2) is 52.4 Å². The maximum atomic E-state index is 12.6. The average molecular weight is 416 g/mol. The van der Waals surface area contributed by atoms with Crippen molar-refractivity contribution in [3.63, 3.8) is 0 Å². The second-order valence-electron chi connectivity index (χ2n) is 6.92. The SMILES string of the molecule is Cc1cccc2sc(=NC(=O)c3ccc(S(=O)(=O)N4CCCC4)cc3)n(C)c12. The smallest absolute Gasteiger partial charge is 0.279 e. The summed E-state index contributed by atoms with van der Waals surface area (Å²) in [5, 5.41) is 0. The van der Waals surface area contributed by atoms with Crippen LogP contribution in [0.1, 0.15) is 28.8 Å². The molecule has 2 aromatic carbocycles. The normalized spacial score (nSPS) is 16.1. The summed E-state index contributed by atoms with van der Waals surface area (Å²) in [6, 6.07) is 12.1. The van der Waals surface area contributed by atoms with E-state index in [0.29, 0.717) is 23.5 Å². The Balaban J connectivity index is 1.65. The number of nitrogens with zero attached hydrogens (tertiary/aromatic N) is 3. The molecule has 6 nitrogen and oxygen atoms in total. The van der Waals surface area contributed by atoms with Gasteiger partial charge in [0, 0.05) is 25.7 Å². The molecule has 1 fully saturated rings. The summed E-state index contributed by atoms with van der Waals surface area (Å²) in [4.78, 5) is 17.7. The molecule has 1 saturated heterocycles. The van der Waals surface area contributed by atoms with Gasteiger partial charge in [0.05, 0.1) is 15.1 Å². The Kier molecular flexibility index (Phi) is 4.95. The number of sulfonamides is 1. The second-order valence-corrected chi connectivity index (χ2v) is 9.86. The molecule has 1 aliphatic rings. The van der Waals surface area contributed by atoms with Crippen LogP contribution in [-0.2, 0) is 17.1 Å². The number of benzene rings is 2. The molecular weight excluding hydrogens is 394 g/mol. The van der Waals surface area contributed by atoms with E-state index in [4.69, 9.17) is 0 Å². The Morgan fingerprint density at radius 3 is 2.39 bits per heavy atom. The van der Waals surface area contributed by atoms with Crippen molar-refractivity contribution in [1.29, 1.82) is 0 Å². The lowest BCUT2D eigenvalue weighted by molar-refractivity contribution is 0.0998. The van der Waals surface area contributed by atoms with Gasteiger partial charge in [-0.15, -0.1) is 0 Å². The largest absolute Gasteiger partial charge is 0.319 e. The predicted octanol–water partition coefficient (Wildman–Crippen LogP) is 3.07. The first-order valence-electron chi connectivity index (χ1n) is 9.12. The summed E-state index contributed by atoms with van der Waals surface area (Å²) >= 11 is 1.46. The number of hydrogen-bond donors (Lipinski definition) is 0. The lowest BCUT2D eigenvalue weighted by atomic mass is 10.2. The van der Waals surface area contributed by atoms with Gasteiger partial charge in [-0.3, -0.25) is 4.79 Å². The number of carbonyl (C=O) groups is 1. The van der Waals surface area contributed by atoms with Crippen LogP contribution >= 0.6 is 11.3 Å². The molecule has 0 bridgehead atoms. The van der Waals surface area contributed by atoms with E-state index in [0.717, 1.165) is 28.6 Å². The summed E-state index contributed by atoms with van der Waals surface area (Å²) < 4.78 is 29.7. The van der Waals surface area contributed by atoms with Crippen LogP contribution in [0.5, 0.6) is 0 Å². The Morgan fingerprint density at radius 2 is 1.75 bits per heavy atom. The van der Waals surface area contributed by atoms with E-state index < -0.39 is 10.0 Å². The van der Waals surface area contributed by atoms with Crippen molar-refractivity contribution in [2.75, 3.05) is 13.1 Å². The Bertz CT molecular complexity index is 1220. The minimum atomic E-state index is -3.48. The molecule has 0 saturated carbocycles. The lowest BCUT2D eigenvalue weighted by Gasteiger charge is -2.15. The molecule has 28 heavy (non-hydrogen) atoms. The molecule has 0 atom stereocenters. The molecule has 0 radical (unpaired) electrons. The summed E-state index contributed by atoms with van der Waals surface area (Å²) in [7, 11) is -1.59. The van der Waals surface area contributed by atoms with E-state index in [1.54, 1.807) is 0 Å². The van der Waals surface area contributed by atoms with E-state index in [1.807, 2.05) is 36.7 Å². The van der Waals surface area contributed by atoms with Gasteiger partial charge < -0.3 is 4.57 Å². The number of rotatable bonds is 3. The van der Waals surface area contributed by atoms with Crippen molar-refractivity contribution >= 4 is 37.5 Å². The highest BCUT2D eigenvalue weighted by atomic mass is 32.2. The molecule has 0 N–H and O–H groups in total. The fourth-order valence-corrected chi connectivity index (χ4v) is 6.11. The summed E-state index contributed by atoms with van der Waals surface area (Å²) in [5.41, 5.74) is 2.56. The maximum Gasteiger partial charge on any atom is 0.279 e. The van der Waals surface area contributed by atoms with Crippen LogP contribution in [0.2, 0.25) is 0 Å². The van der Waals surface area contributed by atoms with E-state index in [2.05, 4.69) is 4.99 Å². The highest BCUT2D eigenvalue weighted by Gasteiger charge is 2.27. The number of carbonyl (C=O) groups excluding carboxylic acids is 1. The van der Waals surface area contributed by atoms with Gasteiger partial charge >= 0.3 is 0 Å². The topological polar surface area (TPSA) is 71.7 Å². The van der Waals surface area contributed by atoms with Crippen molar-refractivity contribution in [3.8, 4) is 0 Å². The molecule has 146 valence electrons. The molecule has 8 heteroatoms. The maximum absolute atomic E-state index is 12.6. The molecule has 3 aromatic rings. The van der Waals surface area contributed by atoms with Crippen molar-refractivity contribution in [2.45, 2.75) is 24.7 Å². The molecule has 0 aliphatic carbocycles. The highest BCUT2D eigenvalue weighted by molar-refractivity contribution is 7.89. The van der Waals surface area contributed by atoms with Gasteiger partial charge in [-0.25, -0.2) is 8.42 Å². The molecule has 4 rings (SSSR count). The van der Waals surface area contributed by atoms with Gasteiger partial charge in [0.25, 0.3) is 5.91 Å². The van der Waals surface area contributed by atoms with Crippen LogP contribution in [0.3, 0.4) is 0 Å². The molecule has 1 amide bonds. The lowest BCUT2D eigenvalue weighted by Crippen LogP contribution is -2.27. The first kappa shape index (κ1) is 19.0. The van der Waals surface area contributed by atoms with Gasteiger partial charge in [-0.2, -0.15) is 9.30 Å². The van der Waals surface area contributed by atoms with E-state index >= 15 is 0 Å². The van der Waals surface area contributed by atoms with Gasteiger partial charge in [0.1, 0.15) is 0 Å². The zero-order chi connectivity index (χ0) is 19.9. The molecular formula is C20H21N3O3S2. The van der Waals surface area contributed by atoms with Gasteiger partial charge in [0.2, 0.25) is 10.0 Å². The number of aromatic nitrogens is 1. The quantitative estimate of drug-likeness (QED) is 0.660. The van der Waals surface area contributed by atoms with Crippen LogP contribution < -0.4 is 4.80 Å². The van der Waals surface area contributed by atoms with E-state index in [1.165, 1.54) is 39.9 Å². The average Bonchev–Trinajstić information content (AvgIpc) is 3.32. The number of para-hydroxylation sites is 1. The Hall–Kier alpha value is -2.29. The van der Waals surface area contributed by atoms with Crippen molar-refractivity contribution < 1.29 is 13.2 Å². The van der Waals surface area contributed by atoms with Crippen LogP contribution in [0.4, 0.5) is 0 Å². The molecule has 0 unspecified atom stereocenters. The Labute approximate surface area is 167 Å². The summed E-state index contributed by atoms with van der Waals surface area (Å²) in [6.07, 6.45) is 1.78. The van der Waals surface area contributed by atoms with Crippen molar-refractivity contribution in [1.82, 2.24) is 8.87 Å². The second kappa shape index (κ2) is 7.27. The zero-order valence-corrected chi connectivity index (χ0v) is 17.4. The number of fused-ring (bicyclic) bond motifs is 1. The third-order valence-electron chi connectivity index (χ3n) is 5.03. The fraction of sp³-hybridized carbons (Fsp3) is 0.300. The van der Waals surface area contributed by atoms with Gasteiger partial charge in [-0.05, 0) is 55.7 Å². The number of aryl methyl sites for hydroxylation is 2. The Morgan fingerprint density at radius 1 is 1.07 bits per heavy atom. The molecule has 1 aromatic heterocycles. The fourth-order valence-electron chi connectivity index (χ4n) is 3.50. The van der Waals surface area contributed by atoms with E-state index in [9.17, 15) is 13.2 Å². The molecule has 0 spiro atoms. The number of thiazole rings is 1. The first-order chi connectivity index (χ1) is 13.4. The summed E-state index contributed by atoms with van der Waals surface area (Å²) in [5.74, 6) is -0.384. The van der Waals surface area contributed by atoms with E-state index in [-0.39, 0.29) is 10.8 Å². The predicted molar refractivity (Wildman–Crippen MR) is 110 cm³/mol. The minimum absolute atomic E-state index is 0.217. The van der Waals surface area contributed by atoms with Gasteiger partial charge in [-0.1, -0.05) is 23.5 Å². The standard InChI is InChI=1S/C20H21N3O3S2/c1-14-6-5-7-17-18(14)22(2)20(27-17)21-19(24)15-8-10-16(11-9-15)28(25,26)23-12-3-4-13-23/h5-11H,3-4,12-13H2,1-2H3. The summed E-state index contributed by atoms with van der Waals surface area (Å²) in [6.45, 7) is 3.14. The van der Waals surface area contributed by atoms with Crippen LogP contribution in [-0.4, -0.2) is 36.3 Å². The van der Waals surface area contributed by atoms with Gasteiger partial charge in [0.15, 0.2) is 4.80 Å². The highest BCUT2D eigenvalue weighted by Crippen LogP contribution is 2.22. The molecule has 1 aliphatic heterocycles. The number of hydrogen-bond acceptors (Lipinski definition) is 4. The number of amides is 1. The molecule has 2 heterocycles. The minimum Gasteiger partial charge on any atom is -0.319 e.